The first kappa shape index (κ1) is 25.3. The van der Waals surface area contributed by atoms with Crippen molar-refractivity contribution in [3.63, 3.8) is 0 Å². The molecule has 0 aliphatic heterocycles. The van der Waals surface area contributed by atoms with Gasteiger partial charge in [0, 0.05) is 45.8 Å². The molecular weight excluding hydrogens is 372 g/mol. The van der Waals surface area contributed by atoms with Crippen molar-refractivity contribution in [2.45, 2.75) is 58.7 Å². The van der Waals surface area contributed by atoms with E-state index >= 15 is 0 Å². The number of carbonyl (C=O) groups excluding carboxylic acids is 1. The summed E-state index contributed by atoms with van der Waals surface area (Å²) in [5.41, 5.74) is 2.61. The Labute approximate surface area is 175 Å². The number of nitrogens with one attached hydrogen (secondary N) is 1. The molecule has 0 amide bonds. The highest BCUT2D eigenvalue weighted by Crippen LogP contribution is 2.24. The van der Waals surface area contributed by atoms with E-state index in [1.165, 1.54) is 0 Å². The molecule has 0 spiro atoms. The first-order valence-electron chi connectivity index (χ1n) is 10.5. The summed E-state index contributed by atoms with van der Waals surface area (Å²) in [5, 5.41) is 3.43. The molecule has 0 aromatic rings. The highest BCUT2D eigenvalue weighted by Gasteiger charge is 2.18. The van der Waals surface area contributed by atoms with Crippen LogP contribution >= 0.6 is 0 Å². The van der Waals surface area contributed by atoms with Crippen LogP contribution < -0.4 is 5.32 Å². The lowest BCUT2D eigenvalue weighted by Gasteiger charge is -2.20. The van der Waals surface area contributed by atoms with E-state index in [1.807, 2.05) is 20.8 Å². The Morgan fingerprint density at radius 1 is 1.24 bits per heavy atom. The molecule has 1 aliphatic rings. The predicted molar refractivity (Wildman–Crippen MR) is 115 cm³/mol. The summed E-state index contributed by atoms with van der Waals surface area (Å²) in [7, 11) is 3.36. The number of nitrogens with zero attached hydrogens (tertiary/aromatic N) is 1. The van der Waals surface area contributed by atoms with Crippen molar-refractivity contribution >= 4 is 12.2 Å². The fourth-order valence-corrected chi connectivity index (χ4v) is 2.99. The van der Waals surface area contributed by atoms with Crippen molar-refractivity contribution < 1.29 is 23.7 Å². The first-order chi connectivity index (χ1) is 14.0. The molecule has 7 nitrogen and oxygen atoms in total. The molecule has 2 unspecified atom stereocenters. The summed E-state index contributed by atoms with van der Waals surface area (Å²) in [4.78, 5) is 16.7. The van der Waals surface area contributed by atoms with Crippen molar-refractivity contribution in [2.75, 3.05) is 47.1 Å². The van der Waals surface area contributed by atoms with Crippen molar-refractivity contribution in [1.82, 2.24) is 5.32 Å². The maximum Gasteiger partial charge on any atom is 0.340 e. The Kier molecular flexibility index (Phi) is 13.3. The second-order valence-electron chi connectivity index (χ2n) is 7.13. The number of ether oxygens (including phenoxy) is 4. The Hall–Kier alpha value is -1.70. The number of hydrogen-bond acceptors (Lipinski definition) is 7. The zero-order chi connectivity index (χ0) is 21.5. The van der Waals surface area contributed by atoms with Crippen LogP contribution in [0.5, 0.6) is 0 Å². The van der Waals surface area contributed by atoms with E-state index in [9.17, 15) is 4.79 Å². The van der Waals surface area contributed by atoms with Gasteiger partial charge < -0.3 is 24.3 Å². The van der Waals surface area contributed by atoms with Crippen molar-refractivity contribution in [2.24, 2.45) is 4.99 Å². The summed E-state index contributed by atoms with van der Waals surface area (Å²) in [6, 6.07) is 0. The topological polar surface area (TPSA) is 78.4 Å². The fourth-order valence-electron chi connectivity index (χ4n) is 2.99. The second-order valence-corrected chi connectivity index (χ2v) is 7.13. The van der Waals surface area contributed by atoms with E-state index in [4.69, 9.17) is 18.9 Å². The Balaban J connectivity index is 2.65. The number of carbonyl (C=O) groups is 1. The summed E-state index contributed by atoms with van der Waals surface area (Å²) in [6.45, 7) is 8.68. The molecular formula is C22H38N2O5. The molecule has 0 heterocycles. The van der Waals surface area contributed by atoms with Crippen LogP contribution in [0.2, 0.25) is 0 Å². The summed E-state index contributed by atoms with van der Waals surface area (Å²) in [5.74, 6) is -0.365. The van der Waals surface area contributed by atoms with Gasteiger partial charge in [0.15, 0.2) is 0 Å². The maximum absolute atomic E-state index is 12.7. The molecule has 1 N–H and O–H groups in total. The number of aliphatic imine (C=N–C) groups is 1. The number of hydrogen-bond donors (Lipinski definition) is 1. The third kappa shape index (κ3) is 10.6. The van der Waals surface area contributed by atoms with Crippen molar-refractivity contribution in [1.29, 1.82) is 0 Å². The van der Waals surface area contributed by atoms with Gasteiger partial charge in [-0.05, 0) is 58.1 Å². The van der Waals surface area contributed by atoms with Crippen molar-refractivity contribution in [3.05, 3.63) is 22.9 Å². The summed E-state index contributed by atoms with van der Waals surface area (Å²) < 4.78 is 21.7. The standard InChI is InChI=1S/C22H38N2O5/c1-6-27-17(2)15-28-18(3)16-29-22(25)21(14-23-4)19-9-7-10-20(13-19)24-11-8-12-26-5/h13-14,17-18,24H,6-12,15-16H2,1-5H3/b21-19-,23-14?. The molecule has 166 valence electrons. The van der Waals surface area contributed by atoms with Crippen LogP contribution in [-0.2, 0) is 23.7 Å². The molecule has 29 heavy (non-hydrogen) atoms. The van der Waals surface area contributed by atoms with Gasteiger partial charge in [-0.2, -0.15) is 0 Å². The number of esters is 1. The lowest BCUT2D eigenvalue weighted by molar-refractivity contribution is -0.143. The largest absolute Gasteiger partial charge is 0.459 e. The van der Waals surface area contributed by atoms with E-state index in [2.05, 4.69) is 16.4 Å². The number of allylic oxidation sites excluding steroid dienone is 3. The highest BCUT2D eigenvalue weighted by atomic mass is 16.6. The van der Waals surface area contributed by atoms with E-state index in [0.717, 1.165) is 50.1 Å². The number of rotatable bonds is 14. The van der Waals surface area contributed by atoms with E-state index < -0.39 is 0 Å². The van der Waals surface area contributed by atoms with Crippen molar-refractivity contribution in [3.8, 4) is 0 Å². The van der Waals surface area contributed by atoms with E-state index in [-0.39, 0.29) is 24.8 Å². The van der Waals surface area contributed by atoms with Gasteiger partial charge in [0.25, 0.3) is 0 Å². The van der Waals surface area contributed by atoms with Crippen LogP contribution in [0, 0.1) is 0 Å². The van der Waals surface area contributed by atoms with Gasteiger partial charge in [-0.25, -0.2) is 4.79 Å². The Morgan fingerprint density at radius 2 is 2.00 bits per heavy atom. The van der Waals surface area contributed by atoms with Gasteiger partial charge in [-0.15, -0.1) is 0 Å². The zero-order valence-corrected chi connectivity index (χ0v) is 18.7. The van der Waals surface area contributed by atoms with Crippen LogP contribution in [0.15, 0.2) is 27.9 Å². The average Bonchev–Trinajstić information content (AvgIpc) is 2.72. The predicted octanol–water partition coefficient (Wildman–Crippen LogP) is 3.05. The monoisotopic (exact) mass is 410 g/mol. The van der Waals surface area contributed by atoms with E-state index in [0.29, 0.717) is 18.8 Å². The quantitative estimate of drug-likeness (QED) is 0.205. The Bertz CT molecular complexity index is 572. The minimum absolute atomic E-state index is 0.0187. The van der Waals surface area contributed by atoms with Crippen LogP contribution in [0.4, 0.5) is 0 Å². The lowest BCUT2D eigenvalue weighted by Crippen LogP contribution is -2.25. The maximum atomic E-state index is 12.7. The Morgan fingerprint density at radius 3 is 2.69 bits per heavy atom. The third-order valence-corrected chi connectivity index (χ3v) is 4.46. The minimum atomic E-state index is -0.365. The van der Waals surface area contributed by atoms with Gasteiger partial charge in [0.2, 0.25) is 0 Å². The molecule has 7 heteroatoms. The molecule has 0 fully saturated rings. The molecule has 0 saturated heterocycles. The zero-order valence-electron chi connectivity index (χ0n) is 18.7. The molecule has 1 aliphatic carbocycles. The van der Waals surface area contributed by atoms with Gasteiger partial charge in [-0.1, -0.05) is 0 Å². The van der Waals surface area contributed by atoms with Gasteiger partial charge in [0.05, 0.1) is 24.4 Å². The molecule has 1 rings (SSSR count). The second kappa shape index (κ2) is 15.2. The normalized spacial score (nSPS) is 18.3. The molecule has 0 saturated carbocycles. The van der Waals surface area contributed by atoms with Crippen LogP contribution in [-0.4, -0.2) is 71.5 Å². The smallest absolute Gasteiger partial charge is 0.340 e. The molecule has 0 radical (unpaired) electrons. The lowest BCUT2D eigenvalue weighted by atomic mass is 9.95. The SMILES string of the molecule is CCOC(C)COC(C)COC(=O)/C(C=NC)=C1\C=C(NCCCOC)CCC1. The van der Waals surface area contributed by atoms with Gasteiger partial charge in [-0.3, -0.25) is 4.99 Å². The van der Waals surface area contributed by atoms with Crippen LogP contribution in [0.1, 0.15) is 46.5 Å². The highest BCUT2D eigenvalue weighted by molar-refractivity contribution is 6.10. The third-order valence-electron chi connectivity index (χ3n) is 4.46. The molecule has 0 bridgehead atoms. The minimum Gasteiger partial charge on any atom is -0.459 e. The van der Waals surface area contributed by atoms with Crippen LogP contribution in [0.25, 0.3) is 0 Å². The van der Waals surface area contributed by atoms with Gasteiger partial charge in [0.1, 0.15) is 6.61 Å². The molecule has 0 aromatic heterocycles. The summed E-state index contributed by atoms with van der Waals surface area (Å²) in [6.07, 6.45) is 7.20. The molecule has 2 atom stereocenters. The molecule has 0 aromatic carbocycles. The average molecular weight is 411 g/mol. The van der Waals surface area contributed by atoms with Crippen LogP contribution in [0.3, 0.4) is 0 Å². The van der Waals surface area contributed by atoms with Gasteiger partial charge >= 0.3 is 5.97 Å². The first-order valence-corrected chi connectivity index (χ1v) is 10.5. The number of methoxy groups -OCH3 is 1. The fraction of sp³-hybridized carbons (Fsp3) is 0.727. The van der Waals surface area contributed by atoms with E-state index in [1.54, 1.807) is 20.4 Å². The summed E-state index contributed by atoms with van der Waals surface area (Å²) >= 11 is 0.